The Kier molecular flexibility index (Phi) is 4.99. The van der Waals surface area contributed by atoms with Gasteiger partial charge in [0, 0.05) is 24.5 Å². The maximum atomic E-state index is 12.7. The van der Waals surface area contributed by atoms with Gasteiger partial charge in [0.2, 0.25) is 5.91 Å². The van der Waals surface area contributed by atoms with Crippen molar-refractivity contribution in [1.29, 1.82) is 0 Å². The third kappa shape index (κ3) is 3.63. The molecule has 2 fully saturated rings. The van der Waals surface area contributed by atoms with Crippen LogP contribution in [0.2, 0.25) is 5.02 Å². The maximum Gasteiger partial charge on any atom is 0.310 e. The SMILES string of the molecule is O=C(CC1(C(=O)O)CCC1)Nc1ccc(Cl)cc1C(=O)N1CCCC1. The van der Waals surface area contributed by atoms with E-state index in [0.717, 1.165) is 19.3 Å². The summed E-state index contributed by atoms with van der Waals surface area (Å²) in [5.74, 6) is -1.48. The van der Waals surface area contributed by atoms with E-state index in [1.807, 2.05) is 0 Å². The number of carbonyl (C=O) groups excluding carboxylic acids is 2. The smallest absolute Gasteiger partial charge is 0.310 e. The van der Waals surface area contributed by atoms with Crippen LogP contribution in [0.3, 0.4) is 0 Å². The van der Waals surface area contributed by atoms with Crippen LogP contribution in [0, 0.1) is 5.41 Å². The molecule has 0 unspecified atom stereocenters. The number of carbonyl (C=O) groups is 3. The largest absolute Gasteiger partial charge is 0.481 e. The first-order valence-electron chi connectivity index (χ1n) is 8.53. The highest BCUT2D eigenvalue weighted by Gasteiger charge is 2.46. The van der Waals surface area contributed by atoms with E-state index in [2.05, 4.69) is 5.32 Å². The highest BCUT2D eigenvalue weighted by molar-refractivity contribution is 6.31. The van der Waals surface area contributed by atoms with Crippen molar-refractivity contribution in [2.75, 3.05) is 18.4 Å². The fourth-order valence-electron chi connectivity index (χ4n) is 3.46. The van der Waals surface area contributed by atoms with Crippen molar-refractivity contribution in [2.24, 2.45) is 5.41 Å². The molecule has 7 heteroatoms. The van der Waals surface area contributed by atoms with E-state index in [1.165, 1.54) is 0 Å². The molecule has 1 aromatic carbocycles. The topological polar surface area (TPSA) is 86.7 Å². The standard InChI is InChI=1S/C18H21ClN2O4/c19-12-4-5-14(13(10-12)16(23)21-8-1-2-9-21)20-15(22)11-18(17(24)25)6-3-7-18/h4-5,10H,1-3,6-9,11H2,(H,20,22)(H,24,25). The summed E-state index contributed by atoms with van der Waals surface area (Å²) in [4.78, 5) is 38.2. The molecule has 0 radical (unpaired) electrons. The number of aliphatic carboxylic acids is 1. The Hall–Kier alpha value is -2.08. The molecule has 2 N–H and O–H groups in total. The van der Waals surface area contributed by atoms with E-state index in [0.29, 0.717) is 42.2 Å². The van der Waals surface area contributed by atoms with Crippen molar-refractivity contribution in [3.63, 3.8) is 0 Å². The number of benzene rings is 1. The molecule has 0 atom stereocenters. The third-order valence-electron chi connectivity index (χ3n) is 5.14. The molecule has 1 heterocycles. The Labute approximate surface area is 151 Å². The number of likely N-dealkylation sites (tertiary alicyclic amines) is 1. The molecule has 6 nitrogen and oxygen atoms in total. The maximum absolute atomic E-state index is 12.7. The lowest BCUT2D eigenvalue weighted by molar-refractivity contribution is -0.157. The van der Waals surface area contributed by atoms with Crippen LogP contribution in [0.15, 0.2) is 18.2 Å². The van der Waals surface area contributed by atoms with Gasteiger partial charge in [-0.2, -0.15) is 0 Å². The normalized spacial score (nSPS) is 18.5. The van der Waals surface area contributed by atoms with Crippen LogP contribution in [0.1, 0.15) is 48.9 Å². The molecule has 0 spiro atoms. The molecular formula is C18H21ClN2O4. The van der Waals surface area contributed by atoms with Gasteiger partial charge in [-0.25, -0.2) is 0 Å². The fourth-order valence-corrected chi connectivity index (χ4v) is 3.64. The number of hydrogen-bond acceptors (Lipinski definition) is 3. The van der Waals surface area contributed by atoms with Gasteiger partial charge in [-0.3, -0.25) is 14.4 Å². The van der Waals surface area contributed by atoms with Crippen LogP contribution in [-0.4, -0.2) is 40.9 Å². The number of nitrogens with one attached hydrogen (secondary N) is 1. The highest BCUT2D eigenvalue weighted by Crippen LogP contribution is 2.44. The van der Waals surface area contributed by atoms with Crippen molar-refractivity contribution in [3.8, 4) is 0 Å². The first-order chi connectivity index (χ1) is 11.9. The minimum Gasteiger partial charge on any atom is -0.481 e. The van der Waals surface area contributed by atoms with E-state index >= 15 is 0 Å². The van der Waals surface area contributed by atoms with Crippen molar-refractivity contribution in [2.45, 2.75) is 38.5 Å². The Morgan fingerprint density at radius 3 is 2.40 bits per heavy atom. The highest BCUT2D eigenvalue weighted by atomic mass is 35.5. The van der Waals surface area contributed by atoms with Crippen molar-refractivity contribution >= 4 is 35.1 Å². The minimum absolute atomic E-state index is 0.0810. The lowest BCUT2D eigenvalue weighted by atomic mass is 9.66. The molecule has 2 aliphatic rings. The summed E-state index contributed by atoms with van der Waals surface area (Å²) < 4.78 is 0. The summed E-state index contributed by atoms with van der Waals surface area (Å²) in [6, 6.07) is 4.75. The van der Waals surface area contributed by atoms with Crippen LogP contribution >= 0.6 is 11.6 Å². The molecule has 1 aromatic rings. The first-order valence-corrected chi connectivity index (χ1v) is 8.91. The summed E-state index contributed by atoms with van der Waals surface area (Å²) in [6.45, 7) is 1.39. The Bertz CT molecular complexity index is 709. The van der Waals surface area contributed by atoms with Crippen molar-refractivity contribution < 1.29 is 19.5 Å². The number of hydrogen-bond donors (Lipinski definition) is 2. The van der Waals surface area contributed by atoms with Crippen molar-refractivity contribution in [1.82, 2.24) is 4.90 Å². The Morgan fingerprint density at radius 2 is 1.84 bits per heavy atom. The van der Waals surface area contributed by atoms with Gasteiger partial charge in [-0.1, -0.05) is 18.0 Å². The summed E-state index contributed by atoms with van der Waals surface area (Å²) >= 11 is 6.02. The minimum atomic E-state index is -0.963. The van der Waals surface area contributed by atoms with Crippen LogP contribution < -0.4 is 5.32 Å². The van der Waals surface area contributed by atoms with Crippen LogP contribution in [0.25, 0.3) is 0 Å². The van der Waals surface area contributed by atoms with Gasteiger partial charge in [-0.05, 0) is 43.9 Å². The number of nitrogens with zero attached hydrogens (tertiary/aromatic N) is 1. The van der Waals surface area contributed by atoms with E-state index in [4.69, 9.17) is 11.6 Å². The van der Waals surface area contributed by atoms with Gasteiger partial charge in [0.25, 0.3) is 5.91 Å². The van der Waals surface area contributed by atoms with Crippen molar-refractivity contribution in [3.05, 3.63) is 28.8 Å². The molecule has 0 bridgehead atoms. The zero-order valence-electron chi connectivity index (χ0n) is 13.9. The second kappa shape index (κ2) is 7.04. The summed E-state index contributed by atoms with van der Waals surface area (Å²) in [6.07, 6.45) is 3.69. The van der Waals surface area contributed by atoms with E-state index in [9.17, 15) is 19.5 Å². The lowest BCUT2D eigenvalue weighted by Crippen LogP contribution is -2.41. The molecule has 0 aromatic heterocycles. The molecule has 1 saturated carbocycles. The molecule has 1 aliphatic heterocycles. The molecule has 3 rings (SSSR count). The number of carboxylic acid groups (broad SMARTS) is 1. The molecule has 134 valence electrons. The first kappa shape index (κ1) is 17.7. The molecule has 2 amide bonds. The van der Waals surface area contributed by atoms with E-state index < -0.39 is 11.4 Å². The quantitative estimate of drug-likeness (QED) is 0.840. The number of anilines is 1. The zero-order chi connectivity index (χ0) is 18.0. The molecule has 1 aliphatic carbocycles. The number of rotatable bonds is 5. The van der Waals surface area contributed by atoms with Crippen LogP contribution in [-0.2, 0) is 9.59 Å². The average Bonchev–Trinajstić information content (AvgIpc) is 3.06. The van der Waals surface area contributed by atoms with Gasteiger partial charge in [0.1, 0.15) is 0 Å². The van der Waals surface area contributed by atoms with Gasteiger partial charge in [0.05, 0.1) is 16.7 Å². The Morgan fingerprint density at radius 1 is 1.16 bits per heavy atom. The van der Waals surface area contributed by atoms with E-state index in [1.54, 1.807) is 23.1 Å². The number of carboxylic acids is 1. The molecule has 1 saturated heterocycles. The summed E-state index contributed by atoms with van der Waals surface area (Å²) in [7, 11) is 0. The predicted molar refractivity (Wildman–Crippen MR) is 93.8 cm³/mol. The summed E-state index contributed by atoms with van der Waals surface area (Å²) in [5.41, 5.74) is -0.234. The lowest BCUT2D eigenvalue weighted by Gasteiger charge is -2.37. The second-order valence-electron chi connectivity index (χ2n) is 6.85. The van der Waals surface area contributed by atoms with Crippen LogP contribution in [0.5, 0.6) is 0 Å². The number of amides is 2. The van der Waals surface area contributed by atoms with Gasteiger partial charge >= 0.3 is 5.97 Å². The fraction of sp³-hybridized carbons (Fsp3) is 0.500. The number of halogens is 1. The predicted octanol–water partition coefficient (Wildman–Crippen LogP) is 3.16. The average molecular weight is 365 g/mol. The van der Waals surface area contributed by atoms with Gasteiger partial charge < -0.3 is 15.3 Å². The van der Waals surface area contributed by atoms with Gasteiger partial charge in [-0.15, -0.1) is 0 Å². The zero-order valence-corrected chi connectivity index (χ0v) is 14.6. The monoisotopic (exact) mass is 364 g/mol. The van der Waals surface area contributed by atoms with Gasteiger partial charge in [0.15, 0.2) is 0 Å². The molecular weight excluding hydrogens is 344 g/mol. The van der Waals surface area contributed by atoms with Crippen LogP contribution in [0.4, 0.5) is 5.69 Å². The third-order valence-corrected chi connectivity index (χ3v) is 5.38. The molecule has 25 heavy (non-hydrogen) atoms. The Balaban J connectivity index is 1.76. The second-order valence-corrected chi connectivity index (χ2v) is 7.29. The summed E-state index contributed by atoms with van der Waals surface area (Å²) in [5, 5.41) is 12.5. The van der Waals surface area contributed by atoms with E-state index in [-0.39, 0.29) is 18.2 Å².